The summed E-state index contributed by atoms with van der Waals surface area (Å²) in [5, 5.41) is 3.58. The van der Waals surface area contributed by atoms with E-state index in [-0.39, 0.29) is 0 Å². The van der Waals surface area contributed by atoms with Crippen molar-refractivity contribution in [3.8, 4) is 0 Å². The summed E-state index contributed by atoms with van der Waals surface area (Å²) in [4.78, 5) is 4.66. The number of imidazole rings is 1. The van der Waals surface area contributed by atoms with Crippen LogP contribution in [0.3, 0.4) is 0 Å². The van der Waals surface area contributed by atoms with Crippen molar-refractivity contribution in [2.24, 2.45) is 11.8 Å². The smallest absolute Gasteiger partial charge is 0.203 e. The van der Waals surface area contributed by atoms with Gasteiger partial charge in [-0.3, -0.25) is 0 Å². The molecule has 0 bridgehead atoms. The summed E-state index contributed by atoms with van der Waals surface area (Å²) in [5.41, 5.74) is 1.14. The Labute approximate surface area is 110 Å². The molecule has 1 unspecified atom stereocenters. The number of hydrogen-bond donors (Lipinski definition) is 1. The molecule has 0 aliphatic heterocycles. The fourth-order valence-electron chi connectivity index (χ4n) is 3.19. The molecule has 2 saturated carbocycles. The van der Waals surface area contributed by atoms with Crippen molar-refractivity contribution < 1.29 is 0 Å². The minimum absolute atomic E-state index is 0.685. The second-order valence-corrected chi connectivity index (χ2v) is 6.25. The van der Waals surface area contributed by atoms with Gasteiger partial charge in [0.1, 0.15) is 0 Å². The van der Waals surface area contributed by atoms with Crippen molar-refractivity contribution in [2.45, 2.75) is 58.4 Å². The highest BCUT2D eigenvalue weighted by molar-refractivity contribution is 5.30. The first kappa shape index (κ1) is 12.1. The van der Waals surface area contributed by atoms with Gasteiger partial charge in [-0.1, -0.05) is 19.8 Å². The van der Waals surface area contributed by atoms with E-state index in [9.17, 15) is 0 Å². The normalized spacial score (nSPS) is 22.3. The van der Waals surface area contributed by atoms with Gasteiger partial charge in [-0.2, -0.15) is 0 Å². The number of hydrogen-bond acceptors (Lipinski definition) is 2. The third kappa shape index (κ3) is 2.55. The fourth-order valence-corrected chi connectivity index (χ4v) is 3.19. The van der Waals surface area contributed by atoms with Gasteiger partial charge in [-0.05, 0) is 44.4 Å². The number of nitrogens with one attached hydrogen (secondary N) is 1. The molecule has 0 radical (unpaired) electrons. The summed E-state index contributed by atoms with van der Waals surface area (Å²) in [6.45, 7) is 5.54. The van der Waals surface area contributed by atoms with Crippen LogP contribution in [-0.4, -0.2) is 16.1 Å². The Balaban J connectivity index is 1.66. The molecule has 18 heavy (non-hydrogen) atoms. The Morgan fingerprint density at radius 3 is 2.72 bits per heavy atom. The van der Waals surface area contributed by atoms with E-state index in [1.165, 1.54) is 38.5 Å². The molecule has 3 rings (SSSR count). The molecular weight excluding hydrogens is 222 g/mol. The third-order valence-corrected chi connectivity index (χ3v) is 4.58. The zero-order valence-corrected chi connectivity index (χ0v) is 11.7. The van der Waals surface area contributed by atoms with Crippen LogP contribution in [0.5, 0.6) is 0 Å². The lowest BCUT2D eigenvalue weighted by Gasteiger charge is -2.17. The highest BCUT2D eigenvalue weighted by Gasteiger charge is 2.28. The molecule has 1 aromatic rings. The van der Waals surface area contributed by atoms with E-state index >= 15 is 0 Å². The van der Waals surface area contributed by atoms with E-state index < -0.39 is 0 Å². The molecule has 3 nitrogen and oxygen atoms in total. The van der Waals surface area contributed by atoms with E-state index in [1.807, 2.05) is 0 Å². The first-order valence-corrected chi connectivity index (χ1v) is 7.53. The van der Waals surface area contributed by atoms with Crippen LogP contribution in [0.25, 0.3) is 0 Å². The van der Waals surface area contributed by atoms with Gasteiger partial charge in [0.15, 0.2) is 0 Å². The molecule has 0 amide bonds. The second kappa shape index (κ2) is 4.94. The predicted molar refractivity (Wildman–Crippen MR) is 74.8 cm³/mol. The maximum atomic E-state index is 4.66. The number of aryl methyl sites for hydroxylation is 1. The Morgan fingerprint density at radius 2 is 2.06 bits per heavy atom. The molecular formula is C15H25N3. The Bertz CT molecular complexity index is 400. The van der Waals surface area contributed by atoms with Crippen LogP contribution < -0.4 is 5.32 Å². The van der Waals surface area contributed by atoms with E-state index in [4.69, 9.17) is 0 Å². The third-order valence-electron chi connectivity index (χ3n) is 4.58. The van der Waals surface area contributed by atoms with Crippen molar-refractivity contribution in [1.82, 2.24) is 9.55 Å². The number of nitrogens with zero attached hydrogens (tertiary/aromatic N) is 2. The quantitative estimate of drug-likeness (QED) is 0.858. The average molecular weight is 247 g/mol. The van der Waals surface area contributed by atoms with E-state index in [2.05, 4.69) is 34.9 Å². The average Bonchev–Trinajstić information content (AvgIpc) is 2.93. The zero-order valence-electron chi connectivity index (χ0n) is 11.7. The summed E-state index contributed by atoms with van der Waals surface area (Å²) < 4.78 is 2.39. The van der Waals surface area contributed by atoms with Crippen LogP contribution in [0, 0.1) is 18.8 Å². The monoisotopic (exact) mass is 247 g/mol. The second-order valence-electron chi connectivity index (χ2n) is 6.25. The van der Waals surface area contributed by atoms with Crippen LogP contribution in [0.4, 0.5) is 5.95 Å². The molecule has 0 saturated heterocycles. The first-order chi connectivity index (χ1) is 8.74. The Hall–Kier alpha value is -0.990. The number of rotatable bonds is 5. The fraction of sp³-hybridized carbons (Fsp3) is 0.800. The van der Waals surface area contributed by atoms with Gasteiger partial charge in [0.25, 0.3) is 0 Å². The van der Waals surface area contributed by atoms with Crippen LogP contribution in [0.1, 0.15) is 57.2 Å². The minimum atomic E-state index is 0.685. The number of anilines is 1. The van der Waals surface area contributed by atoms with Gasteiger partial charge in [0.2, 0.25) is 5.95 Å². The van der Waals surface area contributed by atoms with Gasteiger partial charge in [-0.15, -0.1) is 0 Å². The molecule has 3 heteroatoms. The molecule has 2 aliphatic rings. The number of aromatic nitrogens is 2. The van der Waals surface area contributed by atoms with Crippen LogP contribution in [0.15, 0.2) is 6.20 Å². The van der Waals surface area contributed by atoms with Gasteiger partial charge in [0, 0.05) is 18.8 Å². The summed E-state index contributed by atoms with van der Waals surface area (Å²) in [5.74, 6) is 2.86. The molecule has 1 atom stereocenters. The summed E-state index contributed by atoms with van der Waals surface area (Å²) >= 11 is 0. The molecule has 2 aliphatic carbocycles. The molecule has 0 aromatic carbocycles. The van der Waals surface area contributed by atoms with E-state index in [0.717, 1.165) is 30.0 Å². The Kier molecular flexibility index (Phi) is 3.31. The van der Waals surface area contributed by atoms with Gasteiger partial charge >= 0.3 is 0 Å². The molecule has 1 N–H and O–H groups in total. The lowest BCUT2D eigenvalue weighted by Crippen LogP contribution is -2.17. The lowest BCUT2D eigenvalue weighted by atomic mass is 10.1. The van der Waals surface area contributed by atoms with Crippen LogP contribution in [0.2, 0.25) is 0 Å². The lowest BCUT2D eigenvalue weighted by molar-refractivity contribution is 0.508. The van der Waals surface area contributed by atoms with Crippen molar-refractivity contribution in [3.05, 3.63) is 11.9 Å². The maximum absolute atomic E-state index is 4.66. The Morgan fingerprint density at radius 1 is 1.33 bits per heavy atom. The molecule has 100 valence electrons. The van der Waals surface area contributed by atoms with E-state index in [1.54, 1.807) is 0 Å². The largest absolute Gasteiger partial charge is 0.355 e. The molecule has 2 fully saturated rings. The highest BCUT2D eigenvalue weighted by atomic mass is 15.2. The van der Waals surface area contributed by atoms with Gasteiger partial charge in [0.05, 0.1) is 5.69 Å². The summed E-state index contributed by atoms with van der Waals surface area (Å²) in [6, 6.07) is 0.685. The summed E-state index contributed by atoms with van der Waals surface area (Å²) in [6.07, 6.45) is 10.5. The molecule has 1 heterocycles. The van der Waals surface area contributed by atoms with Crippen molar-refractivity contribution in [2.75, 3.05) is 11.9 Å². The molecule has 0 spiro atoms. The van der Waals surface area contributed by atoms with Crippen molar-refractivity contribution in [3.63, 3.8) is 0 Å². The van der Waals surface area contributed by atoms with Gasteiger partial charge in [-0.25, -0.2) is 4.98 Å². The predicted octanol–water partition coefficient (Wildman–Crippen LogP) is 3.76. The van der Waals surface area contributed by atoms with Crippen LogP contribution in [-0.2, 0) is 0 Å². The summed E-state index contributed by atoms with van der Waals surface area (Å²) in [7, 11) is 0. The van der Waals surface area contributed by atoms with Crippen molar-refractivity contribution in [1.29, 1.82) is 0 Å². The van der Waals surface area contributed by atoms with Crippen LogP contribution >= 0.6 is 0 Å². The zero-order chi connectivity index (χ0) is 12.5. The van der Waals surface area contributed by atoms with Crippen molar-refractivity contribution >= 4 is 5.95 Å². The van der Waals surface area contributed by atoms with Gasteiger partial charge < -0.3 is 9.88 Å². The SMILES string of the molecule is Cc1cn(C2CCCC2)c(NCC(C)C2CC2)n1. The minimum Gasteiger partial charge on any atom is -0.355 e. The maximum Gasteiger partial charge on any atom is 0.203 e. The first-order valence-electron chi connectivity index (χ1n) is 7.53. The topological polar surface area (TPSA) is 29.9 Å². The van der Waals surface area contributed by atoms with E-state index in [0.29, 0.717) is 6.04 Å². The highest BCUT2D eigenvalue weighted by Crippen LogP contribution is 2.37. The standard InChI is InChI=1S/C15H25N3/c1-11(13-7-8-13)9-16-15-17-12(2)10-18(15)14-5-3-4-6-14/h10-11,13-14H,3-9H2,1-2H3,(H,16,17). The molecule has 1 aromatic heterocycles.